The standard InChI is InChI=1S/C9H13P.C2H6/c1-2-8-5-3-4-6-9(8)7-10;1-2/h3-6H,2,7,10H2,1H3;1-2H3. The summed E-state index contributed by atoms with van der Waals surface area (Å²) < 4.78 is 0. The maximum atomic E-state index is 2.76. The van der Waals surface area contributed by atoms with Crippen molar-refractivity contribution in [1.82, 2.24) is 0 Å². The van der Waals surface area contributed by atoms with Crippen molar-refractivity contribution in [3.8, 4) is 0 Å². The van der Waals surface area contributed by atoms with Gasteiger partial charge in [-0.05, 0) is 23.7 Å². The second kappa shape index (κ2) is 7.31. The highest BCUT2D eigenvalue weighted by Gasteiger charge is 1.93. The Morgan fingerprint density at radius 1 is 1.08 bits per heavy atom. The van der Waals surface area contributed by atoms with Crippen molar-refractivity contribution in [1.29, 1.82) is 0 Å². The molecule has 1 unspecified atom stereocenters. The Labute approximate surface area is 78.6 Å². The molecule has 0 spiro atoms. The van der Waals surface area contributed by atoms with Crippen LogP contribution in [0.5, 0.6) is 0 Å². The van der Waals surface area contributed by atoms with Gasteiger partial charge in [-0.3, -0.25) is 0 Å². The zero-order valence-electron chi connectivity index (χ0n) is 8.30. The van der Waals surface area contributed by atoms with Crippen LogP contribution in [0.15, 0.2) is 24.3 Å². The molecule has 0 saturated carbocycles. The van der Waals surface area contributed by atoms with Crippen molar-refractivity contribution in [2.24, 2.45) is 0 Å². The molecule has 1 aromatic carbocycles. The zero-order chi connectivity index (χ0) is 9.40. The Morgan fingerprint density at radius 3 is 1.92 bits per heavy atom. The van der Waals surface area contributed by atoms with Gasteiger partial charge in [0.2, 0.25) is 0 Å². The first kappa shape index (κ1) is 11.6. The molecule has 0 amide bonds. The molecule has 0 heterocycles. The molecule has 0 aliphatic rings. The van der Waals surface area contributed by atoms with Gasteiger partial charge in [0.05, 0.1) is 0 Å². The summed E-state index contributed by atoms with van der Waals surface area (Å²) in [5, 5.41) is 0. The van der Waals surface area contributed by atoms with Crippen LogP contribution in [0.1, 0.15) is 31.9 Å². The van der Waals surface area contributed by atoms with Crippen LogP contribution in [0.25, 0.3) is 0 Å². The minimum absolute atomic E-state index is 1.07. The first-order valence-corrected chi connectivity index (χ1v) is 5.47. The van der Waals surface area contributed by atoms with Gasteiger partial charge in [-0.2, -0.15) is 0 Å². The largest absolute Gasteiger partial charge is 0.133 e. The molecule has 1 aromatic rings. The first-order chi connectivity index (χ1) is 5.88. The average molecular weight is 182 g/mol. The summed E-state index contributed by atoms with van der Waals surface area (Å²) >= 11 is 0. The van der Waals surface area contributed by atoms with E-state index in [9.17, 15) is 0 Å². The molecular formula is C11H19P. The molecule has 12 heavy (non-hydrogen) atoms. The minimum atomic E-state index is 1.07. The minimum Gasteiger partial charge on any atom is -0.133 e. The topological polar surface area (TPSA) is 0 Å². The van der Waals surface area contributed by atoms with E-state index in [1.54, 1.807) is 0 Å². The first-order valence-electron chi connectivity index (χ1n) is 4.65. The molecule has 1 atom stereocenters. The summed E-state index contributed by atoms with van der Waals surface area (Å²) in [7, 11) is 2.76. The number of rotatable bonds is 2. The van der Waals surface area contributed by atoms with Crippen LogP contribution in [0.2, 0.25) is 0 Å². The van der Waals surface area contributed by atoms with E-state index in [-0.39, 0.29) is 0 Å². The Balaban J connectivity index is 0.000000561. The fourth-order valence-corrected chi connectivity index (χ4v) is 1.50. The predicted octanol–water partition coefficient (Wildman–Crippen LogP) is 3.65. The molecule has 0 bridgehead atoms. The Morgan fingerprint density at radius 2 is 1.58 bits per heavy atom. The summed E-state index contributed by atoms with van der Waals surface area (Å²) in [6.07, 6.45) is 2.22. The molecular weight excluding hydrogens is 163 g/mol. The lowest BCUT2D eigenvalue weighted by molar-refractivity contribution is 1.10. The number of benzene rings is 1. The van der Waals surface area contributed by atoms with E-state index in [0.717, 1.165) is 12.6 Å². The maximum Gasteiger partial charge on any atom is -0.0126 e. The van der Waals surface area contributed by atoms with Crippen LogP contribution in [-0.4, -0.2) is 0 Å². The molecule has 68 valence electrons. The molecule has 0 aliphatic carbocycles. The van der Waals surface area contributed by atoms with Crippen LogP contribution >= 0.6 is 9.24 Å². The third kappa shape index (κ3) is 3.36. The number of hydrogen-bond acceptors (Lipinski definition) is 0. The van der Waals surface area contributed by atoms with E-state index >= 15 is 0 Å². The summed E-state index contributed by atoms with van der Waals surface area (Å²) in [5.74, 6) is 0. The zero-order valence-corrected chi connectivity index (χ0v) is 9.46. The third-order valence-corrected chi connectivity index (χ3v) is 2.16. The summed E-state index contributed by atoms with van der Waals surface area (Å²) in [6.45, 7) is 6.19. The molecule has 1 heteroatoms. The molecule has 0 N–H and O–H groups in total. The summed E-state index contributed by atoms with van der Waals surface area (Å²) in [5.41, 5.74) is 2.92. The van der Waals surface area contributed by atoms with Crippen molar-refractivity contribution >= 4 is 9.24 Å². The van der Waals surface area contributed by atoms with Crippen molar-refractivity contribution in [3.63, 3.8) is 0 Å². The van der Waals surface area contributed by atoms with Gasteiger partial charge in [0.25, 0.3) is 0 Å². The van der Waals surface area contributed by atoms with Gasteiger partial charge in [0.15, 0.2) is 0 Å². The van der Waals surface area contributed by atoms with E-state index in [4.69, 9.17) is 0 Å². The molecule has 0 nitrogen and oxygen atoms in total. The van der Waals surface area contributed by atoms with E-state index in [1.165, 1.54) is 11.1 Å². The Hall–Kier alpha value is -0.350. The van der Waals surface area contributed by atoms with Gasteiger partial charge in [-0.15, -0.1) is 9.24 Å². The molecule has 1 rings (SSSR count). The lowest BCUT2D eigenvalue weighted by Crippen LogP contribution is -1.86. The Kier molecular flexibility index (Phi) is 7.09. The fourth-order valence-electron chi connectivity index (χ4n) is 1.10. The van der Waals surface area contributed by atoms with Gasteiger partial charge >= 0.3 is 0 Å². The highest BCUT2D eigenvalue weighted by atomic mass is 31.0. The predicted molar refractivity (Wildman–Crippen MR) is 60.6 cm³/mol. The molecule has 0 saturated heterocycles. The highest BCUT2D eigenvalue weighted by Crippen LogP contribution is 2.12. The number of aryl methyl sites for hydroxylation is 1. The van der Waals surface area contributed by atoms with Gasteiger partial charge in [-0.25, -0.2) is 0 Å². The molecule has 0 radical (unpaired) electrons. The summed E-state index contributed by atoms with van der Waals surface area (Å²) in [6, 6.07) is 8.58. The second-order valence-corrected chi connectivity index (χ2v) is 2.73. The molecule has 0 fully saturated rings. The van der Waals surface area contributed by atoms with Crippen LogP contribution in [0.4, 0.5) is 0 Å². The van der Waals surface area contributed by atoms with Gasteiger partial charge in [0, 0.05) is 0 Å². The quantitative estimate of drug-likeness (QED) is 0.612. The van der Waals surface area contributed by atoms with Crippen LogP contribution in [0.3, 0.4) is 0 Å². The molecule has 0 aromatic heterocycles. The smallest absolute Gasteiger partial charge is 0.0126 e. The van der Waals surface area contributed by atoms with Crippen LogP contribution < -0.4 is 0 Å². The SMILES string of the molecule is CC.CCc1ccccc1CP. The van der Waals surface area contributed by atoms with Crippen LogP contribution in [-0.2, 0) is 12.6 Å². The number of hydrogen-bond donors (Lipinski definition) is 0. The molecule has 0 aliphatic heterocycles. The highest BCUT2D eigenvalue weighted by molar-refractivity contribution is 7.15. The van der Waals surface area contributed by atoms with E-state index in [0.29, 0.717) is 0 Å². The van der Waals surface area contributed by atoms with E-state index in [1.807, 2.05) is 13.8 Å². The lowest BCUT2D eigenvalue weighted by atomic mass is 10.1. The second-order valence-electron chi connectivity index (χ2n) is 2.33. The van der Waals surface area contributed by atoms with Crippen molar-refractivity contribution < 1.29 is 0 Å². The van der Waals surface area contributed by atoms with E-state index in [2.05, 4.69) is 40.4 Å². The summed E-state index contributed by atoms with van der Waals surface area (Å²) in [4.78, 5) is 0. The third-order valence-electron chi connectivity index (χ3n) is 1.72. The Bertz CT molecular complexity index is 183. The van der Waals surface area contributed by atoms with Crippen molar-refractivity contribution in [2.75, 3.05) is 0 Å². The lowest BCUT2D eigenvalue weighted by Gasteiger charge is -2.02. The van der Waals surface area contributed by atoms with Gasteiger partial charge < -0.3 is 0 Å². The average Bonchev–Trinajstić information content (AvgIpc) is 2.20. The van der Waals surface area contributed by atoms with Crippen molar-refractivity contribution in [2.45, 2.75) is 33.4 Å². The normalized spacial score (nSPS) is 8.67. The monoisotopic (exact) mass is 182 g/mol. The van der Waals surface area contributed by atoms with Gasteiger partial charge in [0.1, 0.15) is 0 Å². The van der Waals surface area contributed by atoms with Crippen molar-refractivity contribution in [3.05, 3.63) is 35.4 Å². The van der Waals surface area contributed by atoms with Gasteiger partial charge in [-0.1, -0.05) is 45.0 Å². The van der Waals surface area contributed by atoms with Crippen LogP contribution in [0, 0.1) is 0 Å². The fraction of sp³-hybridized carbons (Fsp3) is 0.455. The maximum absolute atomic E-state index is 2.76. The van der Waals surface area contributed by atoms with E-state index < -0.39 is 0 Å².